The Morgan fingerprint density at radius 1 is 0.684 bits per heavy atom. The van der Waals surface area contributed by atoms with E-state index in [-0.39, 0.29) is 30.3 Å². The van der Waals surface area contributed by atoms with E-state index in [1.165, 1.54) is 107 Å². The third-order valence-electron chi connectivity index (χ3n) is 18.2. The van der Waals surface area contributed by atoms with Crippen molar-refractivity contribution in [3.8, 4) is 5.75 Å². The van der Waals surface area contributed by atoms with Crippen LogP contribution in [0.3, 0.4) is 0 Å². The molecule has 0 amide bonds. The molecule has 0 radical (unpaired) electrons. The summed E-state index contributed by atoms with van der Waals surface area (Å²) in [7, 11) is 0. The van der Waals surface area contributed by atoms with Crippen LogP contribution in [0.2, 0.25) is 0 Å². The van der Waals surface area contributed by atoms with Gasteiger partial charge in [-0.25, -0.2) is 4.98 Å². The number of nitrogens with zero attached hydrogens (tertiary/aromatic N) is 4. The number of nitrogens with one attached hydrogen (secondary N) is 1. The van der Waals surface area contributed by atoms with Crippen LogP contribution in [0.15, 0.2) is 163 Å². The highest BCUT2D eigenvalue weighted by molar-refractivity contribution is 7.33. The summed E-state index contributed by atoms with van der Waals surface area (Å²) >= 11 is 1.96. The molecule has 0 saturated heterocycles. The zero-order valence-corrected chi connectivity index (χ0v) is 46.2. The lowest BCUT2D eigenvalue weighted by atomic mass is 9.31. The fourth-order valence-corrected chi connectivity index (χ4v) is 15.4. The third kappa shape index (κ3) is 7.09. The molecule has 0 bridgehead atoms. The predicted octanol–water partition coefficient (Wildman–Crippen LogP) is 14.0. The molecule has 9 heteroatoms. The first-order valence-corrected chi connectivity index (χ1v) is 29.1. The van der Waals surface area contributed by atoms with E-state index in [4.69, 9.17) is 9.72 Å². The summed E-state index contributed by atoms with van der Waals surface area (Å²) in [6.07, 6.45) is 11.4. The van der Waals surface area contributed by atoms with E-state index in [1.54, 1.807) is 0 Å². The molecular formula is C67H67B2N5OS. The van der Waals surface area contributed by atoms with Crippen LogP contribution in [0.25, 0.3) is 10.1 Å². The quantitative estimate of drug-likeness (QED) is 0.138. The average molecular weight is 1010 g/mol. The molecule has 2 unspecified atom stereocenters. The van der Waals surface area contributed by atoms with Gasteiger partial charge in [0, 0.05) is 71.4 Å². The van der Waals surface area contributed by atoms with Crippen molar-refractivity contribution >= 4 is 107 Å². The molecule has 8 aromatic rings. The summed E-state index contributed by atoms with van der Waals surface area (Å²) in [5.41, 5.74) is 21.3. The van der Waals surface area contributed by atoms with Gasteiger partial charge in [0.2, 0.25) is 0 Å². The molecule has 0 fully saturated rings. The second-order valence-electron chi connectivity index (χ2n) is 23.9. The number of rotatable bonds is 10. The maximum atomic E-state index is 7.63. The molecule has 0 saturated carbocycles. The first-order chi connectivity index (χ1) is 37.0. The van der Waals surface area contributed by atoms with Crippen molar-refractivity contribution in [2.75, 3.05) is 14.7 Å². The van der Waals surface area contributed by atoms with Gasteiger partial charge < -0.3 is 19.9 Å². The molecule has 7 heterocycles. The van der Waals surface area contributed by atoms with E-state index in [0.29, 0.717) is 5.92 Å². The first kappa shape index (κ1) is 47.5. The highest BCUT2D eigenvalue weighted by Gasteiger charge is 2.52. The van der Waals surface area contributed by atoms with E-state index in [0.717, 1.165) is 72.2 Å². The lowest BCUT2D eigenvalue weighted by Gasteiger charge is -2.47. The maximum Gasteiger partial charge on any atom is 0.266 e. The van der Waals surface area contributed by atoms with Crippen molar-refractivity contribution in [3.63, 3.8) is 0 Å². The molecule has 1 aliphatic carbocycles. The van der Waals surface area contributed by atoms with Gasteiger partial charge in [0.25, 0.3) is 13.4 Å². The number of benzene rings is 6. The van der Waals surface area contributed by atoms with Crippen LogP contribution in [0.1, 0.15) is 116 Å². The lowest BCUT2D eigenvalue weighted by Crippen LogP contribution is -2.63. The SMILES string of the molecule is CCCCc1cc2c3c(n1)N(c1ccccc1)c1c(cc4c(c1C)OC1=C5B4c4ccccc4N(c4ccccc4)C5=CC(C(C)CCCC)N1)B3c1sc3ccccc3c1N2c1ccc2c(c1)C(C)(C)CCC2(C)C. The number of unbranched alkanes of at least 4 members (excludes halogenated alkanes) is 2. The summed E-state index contributed by atoms with van der Waals surface area (Å²) < 4.78 is 10.3. The molecule has 6 aliphatic rings. The number of para-hydroxylation sites is 3. The second-order valence-corrected chi connectivity index (χ2v) is 25.0. The smallest absolute Gasteiger partial charge is 0.266 e. The number of fused-ring (bicyclic) bond motifs is 11. The van der Waals surface area contributed by atoms with Gasteiger partial charge in [-0.1, -0.05) is 153 Å². The molecule has 2 atom stereocenters. The molecule has 378 valence electrons. The van der Waals surface area contributed by atoms with Gasteiger partial charge in [-0.2, -0.15) is 0 Å². The standard InChI is InChI=1S/C67H67B2N5OS/c1-9-11-23-41(3)53-40-56-59-65(71-53)75-62-42(4)60-51(39-52(62)68(59)50-30-20-21-31-54(50)72(56)44-25-15-13-16-26-44)69-58-55(37-43(24-12-10-2)70-64(58)74(60)45-27-17-14-18-28-45)73(61-47-29-19-22-32-57(47)76-63(61)69)46-33-34-48-49(38-46)67(7,8)36-35-66(48,5)6/h13-22,25-34,37-41,53,71H,9-12,23-24,35-36H2,1-8H3. The number of aromatic nitrogens is 1. The fraction of sp³-hybridized carbons (Fsp3) is 0.299. The number of hydrogen-bond donors (Lipinski definition) is 1. The molecule has 2 aromatic heterocycles. The number of dihydropyridines is 1. The zero-order chi connectivity index (χ0) is 51.8. The van der Waals surface area contributed by atoms with Crippen molar-refractivity contribution in [1.29, 1.82) is 0 Å². The number of anilines is 8. The summed E-state index contributed by atoms with van der Waals surface area (Å²) in [4.78, 5) is 13.6. The Morgan fingerprint density at radius 3 is 2.14 bits per heavy atom. The first-order valence-electron chi connectivity index (χ1n) is 28.3. The Hall–Kier alpha value is -6.96. The van der Waals surface area contributed by atoms with Crippen molar-refractivity contribution in [1.82, 2.24) is 10.3 Å². The van der Waals surface area contributed by atoms with Gasteiger partial charge in [-0.15, -0.1) is 11.3 Å². The van der Waals surface area contributed by atoms with Gasteiger partial charge in [0.15, 0.2) is 5.88 Å². The monoisotopic (exact) mass is 1010 g/mol. The van der Waals surface area contributed by atoms with Gasteiger partial charge in [0.1, 0.15) is 11.6 Å². The lowest BCUT2D eigenvalue weighted by molar-refractivity contribution is 0.320. The van der Waals surface area contributed by atoms with Crippen molar-refractivity contribution in [2.45, 2.75) is 124 Å². The molecule has 1 N–H and O–H groups in total. The minimum atomic E-state index is -0.0911. The second kappa shape index (κ2) is 17.8. The Kier molecular flexibility index (Phi) is 11.1. The highest BCUT2D eigenvalue weighted by Crippen LogP contribution is 2.53. The molecule has 6 nitrogen and oxygen atoms in total. The minimum absolute atomic E-state index is 0.0483. The van der Waals surface area contributed by atoms with Gasteiger partial charge in [0.05, 0.1) is 11.7 Å². The van der Waals surface area contributed by atoms with Crippen molar-refractivity contribution in [2.24, 2.45) is 5.92 Å². The van der Waals surface area contributed by atoms with E-state index in [9.17, 15) is 0 Å². The number of ether oxygens (including phenoxy) is 1. The Balaban J connectivity index is 1.06. The number of aryl methyl sites for hydroxylation is 1. The van der Waals surface area contributed by atoms with E-state index >= 15 is 0 Å². The van der Waals surface area contributed by atoms with Crippen molar-refractivity contribution in [3.05, 3.63) is 185 Å². The molecule has 5 aliphatic heterocycles. The molecule has 0 spiro atoms. The zero-order valence-electron chi connectivity index (χ0n) is 45.4. The number of thiophene rings is 1. The summed E-state index contributed by atoms with van der Waals surface area (Å²) in [6, 6.07) is 52.9. The summed E-state index contributed by atoms with van der Waals surface area (Å²) in [6.45, 7) is 18.9. The average Bonchev–Trinajstić information content (AvgIpc) is 3.98. The third-order valence-corrected chi connectivity index (χ3v) is 19.4. The Labute approximate surface area is 454 Å². The van der Waals surface area contributed by atoms with Crippen LogP contribution >= 0.6 is 11.3 Å². The predicted molar refractivity (Wildman–Crippen MR) is 324 cm³/mol. The topological polar surface area (TPSA) is 43.9 Å². The Bertz CT molecular complexity index is 3730. The minimum Gasteiger partial charge on any atom is -0.442 e. The van der Waals surface area contributed by atoms with Gasteiger partial charge in [-0.05, 0) is 149 Å². The maximum absolute atomic E-state index is 7.63. The Morgan fingerprint density at radius 2 is 1.38 bits per heavy atom. The van der Waals surface area contributed by atoms with Gasteiger partial charge >= 0.3 is 0 Å². The van der Waals surface area contributed by atoms with E-state index in [2.05, 4.69) is 221 Å². The van der Waals surface area contributed by atoms with Crippen LogP contribution in [0, 0.1) is 12.8 Å². The summed E-state index contributed by atoms with van der Waals surface area (Å²) in [5, 5.41) is 5.36. The van der Waals surface area contributed by atoms with Crippen LogP contribution in [-0.4, -0.2) is 24.5 Å². The molecular weight excluding hydrogens is 944 g/mol. The van der Waals surface area contributed by atoms with Crippen LogP contribution in [-0.2, 0) is 17.3 Å². The summed E-state index contributed by atoms with van der Waals surface area (Å²) in [5.74, 6) is 3.24. The van der Waals surface area contributed by atoms with Crippen LogP contribution < -0.4 is 51.4 Å². The fourth-order valence-electron chi connectivity index (χ4n) is 14.1. The molecule has 6 aromatic carbocycles. The highest BCUT2D eigenvalue weighted by atomic mass is 32.1. The number of pyridine rings is 1. The normalized spacial score (nSPS) is 18.3. The largest absolute Gasteiger partial charge is 0.442 e. The van der Waals surface area contributed by atoms with Gasteiger partial charge in [-0.3, -0.25) is 4.90 Å². The van der Waals surface area contributed by atoms with E-state index < -0.39 is 0 Å². The van der Waals surface area contributed by atoms with Crippen LogP contribution in [0.5, 0.6) is 5.75 Å². The number of allylic oxidation sites excluding steroid dienone is 1. The molecule has 76 heavy (non-hydrogen) atoms. The van der Waals surface area contributed by atoms with E-state index in [1.807, 2.05) is 11.3 Å². The van der Waals surface area contributed by atoms with Crippen LogP contribution in [0.4, 0.5) is 45.6 Å². The van der Waals surface area contributed by atoms with Crippen molar-refractivity contribution < 1.29 is 4.74 Å². The molecule has 14 rings (SSSR count). The number of hydrogen-bond acceptors (Lipinski definition) is 7.